The fourth-order valence-corrected chi connectivity index (χ4v) is 3.13. The van der Waals surface area contributed by atoms with Crippen molar-refractivity contribution in [2.24, 2.45) is 5.73 Å². The summed E-state index contributed by atoms with van der Waals surface area (Å²) in [4.78, 5) is 6.43. The Morgan fingerprint density at radius 3 is 2.65 bits per heavy atom. The lowest BCUT2D eigenvalue weighted by Crippen LogP contribution is -2.41. The van der Waals surface area contributed by atoms with E-state index in [4.69, 9.17) is 18.0 Å². The second-order valence-electron chi connectivity index (χ2n) is 3.88. The molecule has 0 spiro atoms. The maximum atomic E-state index is 11.3. The van der Waals surface area contributed by atoms with Crippen molar-refractivity contribution < 1.29 is 8.42 Å². The predicted molar refractivity (Wildman–Crippen MR) is 71.0 cm³/mol. The van der Waals surface area contributed by atoms with Crippen molar-refractivity contribution in [3.05, 3.63) is 23.9 Å². The van der Waals surface area contributed by atoms with E-state index in [1.807, 2.05) is 4.90 Å². The van der Waals surface area contributed by atoms with Crippen molar-refractivity contribution in [1.82, 2.24) is 4.98 Å². The molecule has 2 heterocycles. The molecule has 0 bridgehead atoms. The molecule has 2 N–H and O–H groups in total. The standard InChI is InChI=1S/C10H13N3O2S2/c11-9(16)8-2-1-3-12-10(8)13-4-6-17(14,15)7-5-13/h1-3H,4-7H2,(H2,11,16). The molecule has 0 aromatic carbocycles. The van der Waals surface area contributed by atoms with Gasteiger partial charge in [0.1, 0.15) is 10.8 Å². The van der Waals surface area contributed by atoms with Crippen LogP contribution >= 0.6 is 12.2 Å². The molecule has 0 atom stereocenters. The Balaban J connectivity index is 2.27. The normalized spacial score (nSPS) is 18.9. The van der Waals surface area contributed by atoms with E-state index in [9.17, 15) is 8.42 Å². The molecule has 0 aliphatic carbocycles. The molecule has 17 heavy (non-hydrogen) atoms. The maximum Gasteiger partial charge on any atom is 0.153 e. The van der Waals surface area contributed by atoms with Gasteiger partial charge in [-0.1, -0.05) is 12.2 Å². The first-order valence-electron chi connectivity index (χ1n) is 5.20. The van der Waals surface area contributed by atoms with Gasteiger partial charge in [0.2, 0.25) is 0 Å². The summed E-state index contributed by atoms with van der Waals surface area (Å²) < 4.78 is 22.7. The third-order valence-electron chi connectivity index (χ3n) is 2.70. The summed E-state index contributed by atoms with van der Waals surface area (Å²) in [6.07, 6.45) is 1.65. The number of sulfone groups is 1. The molecule has 2 rings (SSSR count). The van der Waals surface area contributed by atoms with Crippen LogP contribution in [0.4, 0.5) is 5.82 Å². The molecule has 0 saturated carbocycles. The zero-order valence-electron chi connectivity index (χ0n) is 9.17. The highest BCUT2D eigenvalue weighted by Gasteiger charge is 2.24. The molecule has 1 fully saturated rings. The Morgan fingerprint density at radius 2 is 2.06 bits per heavy atom. The number of hydrogen-bond donors (Lipinski definition) is 1. The minimum absolute atomic E-state index is 0.153. The van der Waals surface area contributed by atoms with Crippen LogP contribution in [-0.2, 0) is 9.84 Å². The average molecular weight is 271 g/mol. The Labute approximate surface area is 106 Å². The first-order valence-corrected chi connectivity index (χ1v) is 7.43. The lowest BCUT2D eigenvalue weighted by molar-refractivity contribution is 0.586. The number of aromatic nitrogens is 1. The molecular formula is C10H13N3O2S2. The third-order valence-corrected chi connectivity index (χ3v) is 4.53. The highest BCUT2D eigenvalue weighted by molar-refractivity contribution is 7.91. The van der Waals surface area contributed by atoms with Gasteiger partial charge in [0.05, 0.1) is 17.1 Å². The molecule has 1 aromatic rings. The van der Waals surface area contributed by atoms with Gasteiger partial charge >= 0.3 is 0 Å². The van der Waals surface area contributed by atoms with Crippen molar-refractivity contribution in [3.8, 4) is 0 Å². The van der Waals surface area contributed by atoms with Crippen molar-refractivity contribution in [2.75, 3.05) is 29.5 Å². The van der Waals surface area contributed by atoms with E-state index in [1.165, 1.54) is 0 Å². The summed E-state index contributed by atoms with van der Waals surface area (Å²) in [5.41, 5.74) is 6.32. The van der Waals surface area contributed by atoms with Gasteiger partial charge in [0.15, 0.2) is 9.84 Å². The van der Waals surface area contributed by atoms with Crippen LogP contribution in [0.3, 0.4) is 0 Å². The van der Waals surface area contributed by atoms with Crippen LogP contribution in [-0.4, -0.2) is 43.0 Å². The number of rotatable bonds is 2. The van der Waals surface area contributed by atoms with E-state index in [0.717, 1.165) is 0 Å². The quantitative estimate of drug-likeness (QED) is 0.760. The molecule has 1 aromatic heterocycles. The molecule has 0 radical (unpaired) electrons. The summed E-state index contributed by atoms with van der Waals surface area (Å²) in [5.74, 6) is 0.982. The summed E-state index contributed by atoms with van der Waals surface area (Å²) in [6, 6.07) is 3.56. The number of nitrogens with two attached hydrogens (primary N) is 1. The number of pyridine rings is 1. The first kappa shape index (κ1) is 12.3. The Hall–Kier alpha value is -1.21. The molecule has 7 heteroatoms. The van der Waals surface area contributed by atoms with E-state index in [2.05, 4.69) is 4.98 Å². The smallest absolute Gasteiger partial charge is 0.153 e. The van der Waals surface area contributed by atoms with Crippen molar-refractivity contribution in [1.29, 1.82) is 0 Å². The molecule has 1 aliphatic rings. The van der Waals surface area contributed by atoms with Gasteiger partial charge < -0.3 is 10.6 Å². The largest absolute Gasteiger partial charge is 0.389 e. The minimum atomic E-state index is -2.89. The topological polar surface area (TPSA) is 76.3 Å². The molecule has 0 amide bonds. The van der Waals surface area contributed by atoms with Gasteiger partial charge in [-0.15, -0.1) is 0 Å². The van der Waals surface area contributed by atoms with Crippen molar-refractivity contribution in [3.63, 3.8) is 0 Å². The van der Waals surface area contributed by atoms with E-state index in [0.29, 0.717) is 24.5 Å². The summed E-state index contributed by atoms with van der Waals surface area (Å²) in [5, 5.41) is 0. The second-order valence-corrected chi connectivity index (χ2v) is 6.62. The van der Waals surface area contributed by atoms with Gasteiger partial charge in [0.25, 0.3) is 0 Å². The van der Waals surface area contributed by atoms with Crippen molar-refractivity contribution in [2.45, 2.75) is 0 Å². The van der Waals surface area contributed by atoms with Gasteiger partial charge in [-0.25, -0.2) is 13.4 Å². The van der Waals surface area contributed by atoms with Crippen LogP contribution in [0.5, 0.6) is 0 Å². The van der Waals surface area contributed by atoms with Gasteiger partial charge in [0, 0.05) is 19.3 Å². The van der Waals surface area contributed by atoms with E-state index < -0.39 is 9.84 Å². The van der Waals surface area contributed by atoms with E-state index in [1.54, 1.807) is 18.3 Å². The zero-order chi connectivity index (χ0) is 12.5. The van der Waals surface area contributed by atoms with Crippen molar-refractivity contribution >= 4 is 32.9 Å². The van der Waals surface area contributed by atoms with E-state index in [-0.39, 0.29) is 16.5 Å². The molecule has 0 unspecified atom stereocenters. The highest BCUT2D eigenvalue weighted by Crippen LogP contribution is 2.19. The first-order chi connectivity index (χ1) is 7.99. The minimum Gasteiger partial charge on any atom is -0.389 e. The van der Waals surface area contributed by atoms with Crippen LogP contribution in [0.1, 0.15) is 5.56 Å². The number of anilines is 1. The second kappa shape index (κ2) is 4.58. The lowest BCUT2D eigenvalue weighted by Gasteiger charge is -2.29. The molecule has 5 nitrogen and oxygen atoms in total. The third kappa shape index (κ3) is 2.73. The monoisotopic (exact) mass is 271 g/mol. The number of nitrogens with zero attached hydrogens (tertiary/aromatic N) is 2. The average Bonchev–Trinajstić information content (AvgIpc) is 2.29. The van der Waals surface area contributed by atoms with Crippen LogP contribution in [0.2, 0.25) is 0 Å². The SMILES string of the molecule is NC(=S)c1cccnc1N1CCS(=O)(=O)CC1. The molecule has 1 saturated heterocycles. The molecular weight excluding hydrogens is 258 g/mol. The number of hydrogen-bond acceptors (Lipinski definition) is 5. The predicted octanol–water partition coefficient (Wildman–Crippen LogP) is -0.0494. The summed E-state index contributed by atoms with van der Waals surface area (Å²) in [6.45, 7) is 0.879. The van der Waals surface area contributed by atoms with E-state index >= 15 is 0 Å². The van der Waals surface area contributed by atoms with Crippen LogP contribution in [0.15, 0.2) is 18.3 Å². The lowest BCUT2D eigenvalue weighted by atomic mass is 10.2. The van der Waals surface area contributed by atoms with Gasteiger partial charge in [-0.2, -0.15) is 0 Å². The van der Waals surface area contributed by atoms with Gasteiger partial charge in [-0.3, -0.25) is 0 Å². The fraction of sp³-hybridized carbons (Fsp3) is 0.400. The van der Waals surface area contributed by atoms with Crippen LogP contribution in [0.25, 0.3) is 0 Å². The van der Waals surface area contributed by atoms with Crippen LogP contribution < -0.4 is 10.6 Å². The Bertz CT molecular complexity index is 528. The highest BCUT2D eigenvalue weighted by atomic mass is 32.2. The zero-order valence-corrected chi connectivity index (χ0v) is 10.8. The fourth-order valence-electron chi connectivity index (χ4n) is 1.77. The summed E-state index contributed by atoms with van der Waals surface area (Å²) in [7, 11) is -2.89. The maximum absolute atomic E-state index is 11.3. The Morgan fingerprint density at radius 1 is 1.41 bits per heavy atom. The Kier molecular flexibility index (Phi) is 3.30. The number of thiocarbonyl (C=S) groups is 1. The van der Waals surface area contributed by atoms with Gasteiger partial charge in [-0.05, 0) is 12.1 Å². The summed E-state index contributed by atoms with van der Waals surface area (Å²) >= 11 is 4.96. The molecule has 1 aliphatic heterocycles. The van der Waals surface area contributed by atoms with Crippen LogP contribution in [0, 0.1) is 0 Å². The molecule has 92 valence electrons.